The Kier molecular flexibility index (Phi) is 3.78. The highest BCUT2D eigenvalue weighted by molar-refractivity contribution is 9.10. The van der Waals surface area contributed by atoms with Crippen molar-refractivity contribution in [2.75, 3.05) is 5.32 Å². The predicted octanol–water partition coefficient (Wildman–Crippen LogP) is 4.93. The van der Waals surface area contributed by atoms with Gasteiger partial charge in [-0.1, -0.05) is 22.0 Å². The third kappa shape index (κ3) is 2.84. The monoisotopic (exact) mass is 360 g/mol. The lowest BCUT2D eigenvalue weighted by Gasteiger charge is -2.08. The summed E-state index contributed by atoms with van der Waals surface area (Å²) in [5, 5.41) is 3.97. The number of fused-ring (bicyclic) bond motifs is 1. The number of carbonyl (C=O) groups excluding carboxylic acids is 1. The molecular weight excluding hydrogens is 348 g/mol. The molecule has 3 rings (SSSR count). The van der Waals surface area contributed by atoms with Gasteiger partial charge in [0.05, 0.1) is 15.2 Å². The number of aromatic nitrogens is 1. The zero-order valence-corrected chi connectivity index (χ0v) is 14.0. The molecule has 5 heteroatoms. The molecule has 0 aliphatic heterocycles. The van der Waals surface area contributed by atoms with Crippen LogP contribution in [0.2, 0.25) is 0 Å². The van der Waals surface area contributed by atoms with E-state index in [0.717, 1.165) is 30.9 Å². The highest BCUT2D eigenvalue weighted by atomic mass is 79.9. The molecule has 0 radical (unpaired) electrons. The Morgan fingerprint density at radius 2 is 2.05 bits per heavy atom. The van der Waals surface area contributed by atoms with E-state index in [1.165, 1.54) is 0 Å². The third-order valence-electron chi connectivity index (χ3n) is 3.27. The summed E-state index contributed by atoms with van der Waals surface area (Å²) in [6.45, 7) is 3.91. The molecule has 106 valence electrons. The standard InChI is InChI=1S/C16H13BrN2OS/c1-9-12(4-3-5-13(9)17)16(20)19-11-6-7-14-15(8-11)21-10(2)18-14/h3-8H,1-2H3,(H,19,20). The lowest BCUT2D eigenvalue weighted by Crippen LogP contribution is -2.13. The summed E-state index contributed by atoms with van der Waals surface area (Å²) >= 11 is 5.07. The molecule has 21 heavy (non-hydrogen) atoms. The fraction of sp³-hybridized carbons (Fsp3) is 0.125. The van der Waals surface area contributed by atoms with Crippen LogP contribution in [-0.4, -0.2) is 10.9 Å². The van der Waals surface area contributed by atoms with E-state index in [2.05, 4.69) is 26.2 Å². The second kappa shape index (κ2) is 5.58. The van der Waals surface area contributed by atoms with Crippen LogP contribution >= 0.6 is 27.3 Å². The van der Waals surface area contributed by atoms with E-state index in [1.54, 1.807) is 11.3 Å². The Morgan fingerprint density at radius 3 is 2.86 bits per heavy atom. The summed E-state index contributed by atoms with van der Waals surface area (Å²) in [5.41, 5.74) is 3.36. The Morgan fingerprint density at radius 1 is 1.24 bits per heavy atom. The van der Waals surface area contributed by atoms with Crippen LogP contribution in [0.25, 0.3) is 10.2 Å². The van der Waals surface area contributed by atoms with Crippen LogP contribution in [0.3, 0.4) is 0 Å². The first kappa shape index (κ1) is 14.2. The van der Waals surface area contributed by atoms with Crippen LogP contribution in [0.4, 0.5) is 5.69 Å². The zero-order chi connectivity index (χ0) is 15.0. The normalized spacial score (nSPS) is 10.8. The predicted molar refractivity (Wildman–Crippen MR) is 91.2 cm³/mol. The van der Waals surface area contributed by atoms with Crippen LogP contribution in [0.5, 0.6) is 0 Å². The summed E-state index contributed by atoms with van der Waals surface area (Å²) in [6, 6.07) is 11.4. The van der Waals surface area contributed by atoms with Gasteiger partial charge in [0.1, 0.15) is 0 Å². The van der Waals surface area contributed by atoms with Crippen LogP contribution in [0.1, 0.15) is 20.9 Å². The third-order valence-corrected chi connectivity index (χ3v) is 5.06. The number of amides is 1. The van der Waals surface area contributed by atoms with Gasteiger partial charge in [-0.25, -0.2) is 4.98 Å². The van der Waals surface area contributed by atoms with Crippen molar-refractivity contribution in [1.82, 2.24) is 4.98 Å². The number of hydrogen-bond donors (Lipinski definition) is 1. The molecule has 0 aliphatic carbocycles. The number of halogens is 1. The van der Waals surface area contributed by atoms with Crippen LogP contribution in [0, 0.1) is 13.8 Å². The quantitative estimate of drug-likeness (QED) is 0.703. The fourth-order valence-corrected chi connectivity index (χ4v) is 3.40. The molecule has 0 spiro atoms. The molecule has 0 bridgehead atoms. The SMILES string of the molecule is Cc1nc2ccc(NC(=O)c3cccc(Br)c3C)cc2s1. The Hall–Kier alpha value is -1.72. The van der Waals surface area contributed by atoms with E-state index in [0.29, 0.717) is 5.56 Å². The van der Waals surface area contributed by atoms with Crippen molar-refractivity contribution in [3.8, 4) is 0 Å². The summed E-state index contributed by atoms with van der Waals surface area (Å²) in [4.78, 5) is 16.8. The van der Waals surface area contributed by atoms with Crippen molar-refractivity contribution in [3.05, 3.63) is 57.0 Å². The maximum atomic E-state index is 12.4. The van der Waals surface area contributed by atoms with Crippen molar-refractivity contribution >= 4 is 49.1 Å². The maximum absolute atomic E-state index is 12.4. The molecule has 0 unspecified atom stereocenters. The van der Waals surface area contributed by atoms with Crippen LogP contribution in [-0.2, 0) is 0 Å². The second-order valence-corrected chi connectivity index (χ2v) is 6.87. The molecular formula is C16H13BrN2OS. The molecule has 2 aromatic carbocycles. The molecule has 3 nitrogen and oxygen atoms in total. The van der Waals surface area contributed by atoms with Crippen molar-refractivity contribution < 1.29 is 4.79 Å². The Labute approximate surface area is 135 Å². The molecule has 1 heterocycles. The van der Waals surface area contributed by atoms with Gasteiger partial charge in [0.2, 0.25) is 0 Å². The average Bonchev–Trinajstić information content (AvgIpc) is 2.81. The summed E-state index contributed by atoms with van der Waals surface area (Å²) in [6.07, 6.45) is 0. The topological polar surface area (TPSA) is 42.0 Å². The number of nitrogens with zero attached hydrogens (tertiary/aromatic N) is 1. The number of rotatable bonds is 2. The van der Waals surface area contributed by atoms with Crippen LogP contribution in [0.15, 0.2) is 40.9 Å². The molecule has 1 N–H and O–H groups in total. The number of benzene rings is 2. The van der Waals surface area contributed by atoms with Gasteiger partial charge in [0, 0.05) is 15.7 Å². The average molecular weight is 361 g/mol. The molecule has 0 aliphatic rings. The smallest absolute Gasteiger partial charge is 0.255 e. The molecule has 0 fully saturated rings. The van der Waals surface area contributed by atoms with E-state index in [-0.39, 0.29) is 5.91 Å². The highest BCUT2D eigenvalue weighted by Gasteiger charge is 2.11. The molecule has 1 aromatic heterocycles. The van der Waals surface area contributed by atoms with Gasteiger partial charge in [0.15, 0.2) is 0 Å². The first-order valence-corrected chi connectivity index (χ1v) is 8.09. The van der Waals surface area contributed by atoms with Crippen molar-refractivity contribution in [3.63, 3.8) is 0 Å². The van der Waals surface area contributed by atoms with E-state index < -0.39 is 0 Å². The van der Waals surface area contributed by atoms with E-state index in [9.17, 15) is 4.79 Å². The molecule has 0 saturated carbocycles. The van der Waals surface area contributed by atoms with Crippen LogP contribution < -0.4 is 5.32 Å². The number of anilines is 1. The van der Waals surface area contributed by atoms with Gasteiger partial charge in [0.25, 0.3) is 5.91 Å². The summed E-state index contributed by atoms with van der Waals surface area (Å²) in [5.74, 6) is -0.102. The van der Waals surface area contributed by atoms with Crippen molar-refractivity contribution in [1.29, 1.82) is 0 Å². The van der Waals surface area contributed by atoms with Gasteiger partial charge in [-0.05, 0) is 49.7 Å². The van der Waals surface area contributed by atoms with E-state index in [1.807, 2.05) is 50.2 Å². The van der Waals surface area contributed by atoms with Gasteiger partial charge in [-0.15, -0.1) is 11.3 Å². The fourth-order valence-electron chi connectivity index (χ4n) is 2.17. The largest absolute Gasteiger partial charge is 0.322 e. The summed E-state index contributed by atoms with van der Waals surface area (Å²) in [7, 11) is 0. The van der Waals surface area contributed by atoms with E-state index in [4.69, 9.17) is 0 Å². The van der Waals surface area contributed by atoms with Gasteiger partial charge < -0.3 is 5.32 Å². The number of nitrogens with one attached hydrogen (secondary N) is 1. The highest BCUT2D eigenvalue weighted by Crippen LogP contribution is 2.26. The number of carbonyl (C=O) groups is 1. The lowest BCUT2D eigenvalue weighted by molar-refractivity contribution is 0.102. The maximum Gasteiger partial charge on any atom is 0.255 e. The molecule has 1 amide bonds. The number of thiazole rings is 1. The zero-order valence-electron chi connectivity index (χ0n) is 11.6. The lowest BCUT2D eigenvalue weighted by atomic mass is 10.1. The van der Waals surface area contributed by atoms with Crippen molar-refractivity contribution in [2.24, 2.45) is 0 Å². The first-order chi connectivity index (χ1) is 10.0. The minimum Gasteiger partial charge on any atom is -0.322 e. The van der Waals surface area contributed by atoms with E-state index >= 15 is 0 Å². The van der Waals surface area contributed by atoms with Gasteiger partial charge in [-0.3, -0.25) is 4.79 Å². The van der Waals surface area contributed by atoms with Gasteiger partial charge >= 0.3 is 0 Å². The minimum absolute atomic E-state index is 0.102. The Balaban J connectivity index is 1.90. The molecule has 0 atom stereocenters. The number of aryl methyl sites for hydroxylation is 1. The summed E-state index contributed by atoms with van der Waals surface area (Å²) < 4.78 is 2.01. The minimum atomic E-state index is -0.102. The van der Waals surface area contributed by atoms with Crippen molar-refractivity contribution in [2.45, 2.75) is 13.8 Å². The second-order valence-electron chi connectivity index (χ2n) is 4.78. The Bertz CT molecular complexity index is 841. The molecule has 3 aromatic rings. The molecule has 0 saturated heterocycles. The van der Waals surface area contributed by atoms with Gasteiger partial charge in [-0.2, -0.15) is 0 Å². The number of hydrogen-bond acceptors (Lipinski definition) is 3. The first-order valence-electron chi connectivity index (χ1n) is 6.48.